The van der Waals surface area contributed by atoms with Crippen molar-refractivity contribution in [1.82, 2.24) is 0 Å². The Morgan fingerprint density at radius 3 is 2.61 bits per heavy atom. The van der Waals surface area contributed by atoms with Gasteiger partial charge in [0.25, 0.3) is 0 Å². The molecule has 2 aliphatic carbocycles. The molecule has 0 radical (unpaired) electrons. The maximum atomic E-state index is 12.2. The standard InChI is InChI=1S/C14H17BrN2O/c1-7-2-11(15)13(12(16)3-7)17-14(18)10-5-8-4-9(8)6-10/h2-3,8-10H,4-6,16H2,1H3,(H,17,18). The number of halogens is 1. The number of fused-ring (bicyclic) bond motifs is 1. The number of hydrogen-bond acceptors (Lipinski definition) is 2. The largest absolute Gasteiger partial charge is 0.397 e. The van der Waals surface area contributed by atoms with Crippen molar-refractivity contribution >= 4 is 33.2 Å². The summed E-state index contributed by atoms with van der Waals surface area (Å²) in [6.07, 6.45) is 3.44. The topological polar surface area (TPSA) is 55.1 Å². The van der Waals surface area contributed by atoms with E-state index < -0.39 is 0 Å². The van der Waals surface area contributed by atoms with Crippen molar-refractivity contribution < 1.29 is 4.79 Å². The maximum absolute atomic E-state index is 12.2. The van der Waals surface area contributed by atoms with Gasteiger partial charge in [0.15, 0.2) is 0 Å². The normalized spacial score (nSPS) is 28.9. The van der Waals surface area contributed by atoms with Crippen LogP contribution in [0.3, 0.4) is 0 Å². The van der Waals surface area contributed by atoms with Crippen molar-refractivity contribution in [1.29, 1.82) is 0 Å². The number of nitrogen functional groups attached to an aromatic ring is 1. The lowest BCUT2D eigenvalue weighted by molar-refractivity contribution is -0.120. The van der Waals surface area contributed by atoms with Crippen LogP contribution in [0, 0.1) is 24.7 Å². The smallest absolute Gasteiger partial charge is 0.227 e. The number of aryl methyl sites for hydroxylation is 1. The fourth-order valence-electron chi connectivity index (χ4n) is 3.06. The minimum absolute atomic E-state index is 0.124. The Morgan fingerprint density at radius 1 is 1.33 bits per heavy atom. The monoisotopic (exact) mass is 308 g/mol. The third kappa shape index (κ3) is 2.14. The molecule has 0 aromatic heterocycles. The Morgan fingerprint density at radius 2 is 2.00 bits per heavy atom. The summed E-state index contributed by atoms with van der Waals surface area (Å²) in [5.41, 5.74) is 8.38. The van der Waals surface area contributed by atoms with Gasteiger partial charge in [-0.2, -0.15) is 0 Å². The van der Waals surface area contributed by atoms with Gasteiger partial charge in [0.1, 0.15) is 0 Å². The minimum Gasteiger partial charge on any atom is -0.397 e. The lowest BCUT2D eigenvalue weighted by Gasteiger charge is -2.15. The number of amides is 1. The molecule has 2 atom stereocenters. The van der Waals surface area contributed by atoms with E-state index in [9.17, 15) is 4.79 Å². The predicted octanol–water partition coefficient (Wildman–Crippen LogP) is 3.32. The zero-order valence-corrected chi connectivity index (χ0v) is 12.0. The molecule has 0 aliphatic heterocycles. The van der Waals surface area contributed by atoms with Gasteiger partial charge in [0.2, 0.25) is 5.91 Å². The zero-order chi connectivity index (χ0) is 12.9. The summed E-state index contributed by atoms with van der Waals surface area (Å²) in [6, 6.07) is 3.85. The summed E-state index contributed by atoms with van der Waals surface area (Å²) in [5.74, 6) is 1.94. The van der Waals surface area contributed by atoms with Crippen molar-refractivity contribution in [3.8, 4) is 0 Å². The Bertz CT molecular complexity index is 482. The van der Waals surface area contributed by atoms with E-state index in [1.807, 2.05) is 19.1 Å². The highest BCUT2D eigenvalue weighted by Gasteiger charge is 2.48. The third-order valence-corrected chi connectivity index (χ3v) is 4.75. The SMILES string of the molecule is Cc1cc(N)c(NC(=O)C2CC3CC3C2)c(Br)c1. The average Bonchev–Trinajstić information content (AvgIpc) is 2.90. The summed E-state index contributed by atoms with van der Waals surface area (Å²) in [6.45, 7) is 1.98. The van der Waals surface area contributed by atoms with Crippen molar-refractivity contribution in [2.75, 3.05) is 11.1 Å². The van der Waals surface area contributed by atoms with Gasteiger partial charge >= 0.3 is 0 Å². The molecule has 3 rings (SSSR count). The lowest BCUT2D eigenvalue weighted by Crippen LogP contribution is -2.22. The Labute approximate surface area is 115 Å². The second-order valence-corrected chi connectivity index (χ2v) is 6.48. The average molecular weight is 309 g/mol. The Balaban J connectivity index is 1.74. The highest BCUT2D eigenvalue weighted by molar-refractivity contribution is 9.10. The molecule has 2 aliphatic rings. The van der Waals surface area contributed by atoms with Gasteiger partial charge in [-0.25, -0.2) is 0 Å². The van der Waals surface area contributed by atoms with Crippen LogP contribution in [0.1, 0.15) is 24.8 Å². The van der Waals surface area contributed by atoms with E-state index in [2.05, 4.69) is 21.2 Å². The molecule has 2 saturated carbocycles. The van der Waals surface area contributed by atoms with Crippen molar-refractivity contribution in [2.24, 2.45) is 17.8 Å². The van der Waals surface area contributed by atoms with Crippen LogP contribution < -0.4 is 11.1 Å². The predicted molar refractivity (Wildman–Crippen MR) is 76.2 cm³/mol. The van der Waals surface area contributed by atoms with Gasteiger partial charge in [-0.3, -0.25) is 4.79 Å². The lowest BCUT2D eigenvalue weighted by atomic mass is 10.0. The van der Waals surface area contributed by atoms with Crippen LogP contribution in [0.25, 0.3) is 0 Å². The molecule has 0 saturated heterocycles. The van der Waals surface area contributed by atoms with E-state index in [1.54, 1.807) is 0 Å². The van der Waals surface area contributed by atoms with E-state index in [1.165, 1.54) is 6.42 Å². The summed E-state index contributed by atoms with van der Waals surface area (Å²) in [4.78, 5) is 12.2. The van der Waals surface area contributed by atoms with E-state index in [0.717, 1.165) is 34.7 Å². The summed E-state index contributed by atoms with van der Waals surface area (Å²) in [5, 5.41) is 2.98. The maximum Gasteiger partial charge on any atom is 0.227 e. The first-order valence-electron chi connectivity index (χ1n) is 6.41. The van der Waals surface area contributed by atoms with Crippen LogP contribution in [-0.2, 0) is 4.79 Å². The van der Waals surface area contributed by atoms with Gasteiger partial charge in [0, 0.05) is 10.4 Å². The molecule has 2 unspecified atom stereocenters. The number of nitrogens with two attached hydrogens (primary N) is 1. The molecule has 1 aromatic carbocycles. The molecule has 1 amide bonds. The summed E-state index contributed by atoms with van der Waals surface area (Å²) < 4.78 is 0.858. The van der Waals surface area contributed by atoms with E-state index >= 15 is 0 Å². The number of hydrogen-bond donors (Lipinski definition) is 2. The first kappa shape index (κ1) is 12.0. The van der Waals surface area contributed by atoms with E-state index in [0.29, 0.717) is 11.4 Å². The van der Waals surface area contributed by atoms with Gasteiger partial charge in [-0.15, -0.1) is 0 Å². The van der Waals surface area contributed by atoms with Gasteiger partial charge in [-0.1, -0.05) is 0 Å². The number of carbonyl (C=O) groups excluding carboxylic acids is 1. The molecular formula is C14H17BrN2O. The van der Waals surface area contributed by atoms with Crippen LogP contribution in [0.4, 0.5) is 11.4 Å². The Kier molecular flexibility index (Phi) is 2.85. The van der Waals surface area contributed by atoms with E-state index in [4.69, 9.17) is 5.73 Å². The summed E-state index contributed by atoms with van der Waals surface area (Å²) >= 11 is 3.46. The van der Waals surface area contributed by atoms with Crippen molar-refractivity contribution in [3.63, 3.8) is 0 Å². The van der Waals surface area contributed by atoms with Crippen LogP contribution in [-0.4, -0.2) is 5.91 Å². The zero-order valence-electron chi connectivity index (χ0n) is 10.4. The van der Waals surface area contributed by atoms with Gasteiger partial charge in [-0.05, 0) is 71.6 Å². The first-order valence-corrected chi connectivity index (χ1v) is 7.20. The molecule has 18 heavy (non-hydrogen) atoms. The molecule has 1 aromatic rings. The summed E-state index contributed by atoms with van der Waals surface area (Å²) in [7, 11) is 0. The quantitative estimate of drug-likeness (QED) is 0.823. The second-order valence-electron chi connectivity index (χ2n) is 5.62. The number of nitrogens with one attached hydrogen (secondary N) is 1. The first-order chi connectivity index (χ1) is 8.54. The number of anilines is 2. The van der Waals surface area contributed by atoms with Gasteiger partial charge < -0.3 is 11.1 Å². The van der Waals surface area contributed by atoms with Crippen molar-refractivity contribution in [3.05, 3.63) is 22.2 Å². The van der Waals surface area contributed by atoms with Crippen LogP contribution in [0.5, 0.6) is 0 Å². The second kappa shape index (κ2) is 4.26. The van der Waals surface area contributed by atoms with Crippen LogP contribution in [0.2, 0.25) is 0 Å². The molecule has 3 N–H and O–H groups in total. The highest BCUT2D eigenvalue weighted by Crippen LogP contribution is 2.54. The number of benzene rings is 1. The molecule has 0 bridgehead atoms. The van der Waals surface area contributed by atoms with Crippen molar-refractivity contribution in [2.45, 2.75) is 26.2 Å². The minimum atomic E-state index is 0.124. The fraction of sp³-hybridized carbons (Fsp3) is 0.500. The number of rotatable bonds is 2. The number of carbonyl (C=O) groups is 1. The molecule has 0 heterocycles. The Hall–Kier alpha value is -1.03. The van der Waals surface area contributed by atoms with Crippen LogP contribution >= 0.6 is 15.9 Å². The molecule has 4 heteroatoms. The fourth-order valence-corrected chi connectivity index (χ4v) is 3.74. The highest BCUT2D eigenvalue weighted by atomic mass is 79.9. The molecule has 0 spiro atoms. The molecular weight excluding hydrogens is 292 g/mol. The molecule has 3 nitrogen and oxygen atoms in total. The van der Waals surface area contributed by atoms with Gasteiger partial charge in [0.05, 0.1) is 11.4 Å². The third-order valence-electron chi connectivity index (χ3n) is 4.13. The van der Waals surface area contributed by atoms with Crippen LogP contribution in [0.15, 0.2) is 16.6 Å². The molecule has 2 fully saturated rings. The molecule has 96 valence electrons. The van der Waals surface area contributed by atoms with E-state index in [-0.39, 0.29) is 11.8 Å².